The summed E-state index contributed by atoms with van der Waals surface area (Å²) in [6.45, 7) is 3.86. The fourth-order valence-electron chi connectivity index (χ4n) is 3.81. The number of amides is 2. The molecule has 2 aromatic rings. The average molecular weight is 521 g/mol. The van der Waals surface area contributed by atoms with E-state index in [2.05, 4.69) is 32.3 Å². The van der Waals surface area contributed by atoms with E-state index in [0.29, 0.717) is 17.8 Å². The van der Waals surface area contributed by atoms with E-state index in [-0.39, 0.29) is 51.9 Å². The molecular formula is C23H26F2N6O2S2. The molecule has 6 N–H and O–H groups in total. The first-order valence-electron chi connectivity index (χ1n) is 10.8. The number of carbonyl (C=O) groups is 2. The minimum Gasteiger partial charge on any atom is -0.331 e. The molecule has 3 rings (SSSR count). The number of rotatable bonds is 5. The topological polar surface area (TPSA) is 106 Å². The van der Waals surface area contributed by atoms with Crippen molar-refractivity contribution in [3.63, 3.8) is 0 Å². The standard InChI is InChI=1S/C23H26F2N6O2S2/c1-23(2)13(12-19(32)28-30-21(34)26-16-7-3-14(24)4-8-16)11-18(23)20(33)29-31-22(35)27-17-9-5-15(25)6-10-17/h3-10,13,18H,11-12H2,1-2H3,(H,28,32)(H,29,33)(H2,26,30,34)(H2,27,31,35). The Morgan fingerprint density at radius 2 is 1.29 bits per heavy atom. The van der Waals surface area contributed by atoms with Crippen molar-refractivity contribution >= 4 is 57.8 Å². The fourth-order valence-corrected chi connectivity index (χ4v) is 4.14. The molecule has 1 aliphatic rings. The number of benzene rings is 2. The molecule has 186 valence electrons. The Morgan fingerprint density at radius 1 is 0.829 bits per heavy atom. The van der Waals surface area contributed by atoms with Crippen molar-refractivity contribution in [3.05, 3.63) is 60.2 Å². The molecule has 1 aliphatic carbocycles. The summed E-state index contributed by atoms with van der Waals surface area (Å²) in [7, 11) is 0. The first-order chi connectivity index (χ1) is 16.5. The lowest BCUT2D eigenvalue weighted by molar-refractivity contribution is -0.145. The quantitative estimate of drug-likeness (QED) is 0.263. The van der Waals surface area contributed by atoms with E-state index in [4.69, 9.17) is 24.4 Å². The highest BCUT2D eigenvalue weighted by atomic mass is 32.1. The van der Waals surface area contributed by atoms with Crippen molar-refractivity contribution in [2.75, 3.05) is 10.6 Å². The highest BCUT2D eigenvalue weighted by molar-refractivity contribution is 7.80. The summed E-state index contributed by atoms with van der Waals surface area (Å²) in [5.41, 5.74) is 11.1. The van der Waals surface area contributed by atoms with Crippen LogP contribution in [0.5, 0.6) is 0 Å². The Morgan fingerprint density at radius 3 is 1.74 bits per heavy atom. The van der Waals surface area contributed by atoms with E-state index in [9.17, 15) is 18.4 Å². The Hall–Kier alpha value is -3.38. The fraction of sp³-hybridized carbons (Fsp3) is 0.304. The van der Waals surface area contributed by atoms with Crippen LogP contribution in [-0.2, 0) is 9.59 Å². The summed E-state index contributed by atoms with van der Waals surface area (Å²) >= 11 is 10.3. The van der Waals surface area contributed by atoms with Gasteiger partial charge in [0.15, 0.2) is 10.2 Å². The Balaban J connectivity index is 1.37. The number of halogens is 2. The van der Waals surface area contributed by atoms with Crippen molar-refractivity contribution in [3.8, 4) is 0 Å². The van der Waals surface area contributed by atoms with E-state index in [1.165, 1.54) is 48.5 Å². The highest BCUT2D eigenvalue weighted by Crippen LogP contribution is 2.52. The second-order valence-corrected chi connectivity index (χ2v) is 9.54. The van der Waals surface area contributed by atoms with Crippen LogP contribution in [0, 0.1) is 28.9 Å². The molecule has 0 spiro atoms. The van der Waals surface area contributed by atoms with Crippen LogP contribution in [0.3, 0.4) is 0 Å². The van der Waals surface area contributed by atoms with Gasteiger partial charge in [0, 0.05) is 23.7 Å². The predicted molar refractivity (Wildman–Crippen MR) is 138 cm³/mol. The smallest absolute Gasteiger partial charge is 0.242 e. The van der Waals surface area contributed by atoms with Gasteiger partial charge in [0.2, 0.25) is 11.8 Å². The molecule has 8 nitrogen and oxygen atoms in total. The number of hydrogen-bond donors (Lipinski definition) is 6. The second kappa shape index (κ2) is 11.4. The lowest BCUT2D eigenvalue weighted by Crippen LogP contribution is -2.57. The molecule has 12 heteroatoms. The van der Waals surface area contributed by atoms with Crippen LogP contribution in [0.15, 0.2) is 48.5 Å². The summed E-state index contributed by atoms with van der Waals surface area (Å²) < 4.78 is 26.0. The minimum atomic E-state index is -0.415. The molecular weight excluding hydrogens is 494 g/mol. The zero-order chi connectivity index (χ0) is 25.6. The van der Waals surface area contributed by atoms with Crippen LogP contribution in [0.4, 0.5) is 20.2 Å². The third-order valence-corrected chi connectivity index (χ3v) is 6.45. The molecule has 0 aliphatic heterocycles. The Kier molecular flexibility index (Phi) is 8.52. The van der Waals surface area contributed by atoms with Gasteiger partial charge >= 0.3 is 0 Å². The van der Waals surface area contributed by atoms with Crippen molar-refractivity contribution in [1.82, 2.24) is 21.7 Å². The third kappa shape index (κ3) is 7.30. The monoisotopic (exact) mass is 520 g/mol. The maximum absolute atomic E-state index is 13.0. The summed E-state index contributed by atoms with van der Waals surface area (Å²) in [6, 6.07) is 11.3. The summed E-state index contributed by atoms with van der Waals surface area (Å²) in [5, 5.41) is 5.99. The van der Waals surface area contributed by atoms with E-state index in [1.54, 1.807) is 0 Å². The first-order valence-corrected chi connectivity index (χ1v) is 11.6. The highest BCUT2D eigenvalue weighted by Gasteiger charge is 2.52. The molecule has 0 heterocycles. The summed E-state index contributed by atoms with van der Waals surface area (Å²) in [5.74, 6) is -1.56. The number of thiocarbonyl (C=S) groups is 2. The van der Waals surface area contributed by atoms with Crippen LogP contribution in [0.2, 0.25) is 0 Å². The zero-order valence-electron chi connectivity index (χ0n) is 19.1. The van der Waals surface area contributed by atoms with Crippen LogP contribution in [-0.4, -0.2) is 22.0 Å². The Bertz CT molecular complexity index is 1100. The van der Waals surface area contributed by atoms with Gasteiger partial charge in [0.25, 0.3) is 0 Å². The molecule has 2 amide bonds. The normalized spacial score (nSPS) is 17.8. The molecule has 0 saturated heterocycles. The molecule has 2 unspecified atom stereocenters. The van der Waals surface area contributed by atoms with Gasteiger partial charge in [0.05, 0.1) is 0 Å². The molecule has 0 radical (unpaired) electrons. The van der Waals surface area contributed by atoms with Gasteiger partial charge in [-0.25, -0.2) is 8.78 Å². The van der Waals surface area contributed by atoms with Gasteiger partial charge in [-0.2, -0.15) is 0 Å². The van der Waals surface area contributed by atoms with E-state index in [1.807, 2.05) is 13.8 Å². The average Bonchev–Trinajstić information content (AvgIpc) is 2.81. The van der Waals surface area contributed by atoms with Crippen molar-refractivity contribution < 1.29 is 18.4 Å². The second-order valence-electron chi connectivity index (χ2n) is 8.72. The van der Waals surface area contributed by atoms with Crippen LogP contribution < -0.4 is 32.3 Å². The predicted octanol–water partition coefficient (Wildman–Crippen LogP) is 3.35. The van der Waals surface area contributed by atoms with E-state index < -0.39 is 5.41 Å². The molecule has 1 saturated carbocycles. The number of nitrogens with one attached hydrogen (secondary N) is 6. The first kappa shape index (κ1) is 26.2. The van der Waals surface area contributed by atoms with Gasteiger partial charge in [-0.1, -0.05) is 13.8 Å². The van der Waals surface area contributed by atoms with Gasteiger partial charge in [-0.15, -0.1) is 0 Å². The van der Waals surface area contributed by atoms with Crippen molar-refractivity contribution in [2.24, 2.45) is 17.3 Å². The van der Waals surface area contributed by atoms with Crippen LogP contribution in [0.25, 0.3) is 0 Å². The number of carbonyl (C=O) groups excluding carboxylic acids is 2. The van der Waals surface area contributed by atoms with E-state index >= 15 is 0 Å². The SMILES string of the molecule is CC1(C)C(CC(=O)NNC(=S)Nc2ccc(F)cc2)CC1C(=O)NNC(=S)Nc1ccc(F)cc1. The zero-order valence-corrected chi connectivity index (χ0v) is 20.7. The van der Waals surface area contributed by atoms with Crippen LogP contribution in [0.1, 0.15) is 26.7 Å². The Labute approximate surface area is 212 Å². The number of hydrazine groups is 2. The van der Waals surface area contributed by atoms with Crippen molar-refractivity contribution in [1.29, 1.82) is 0 Å². The third-order valence-electron chi connectivity index (χ3n) is 6.04. The number of hydrogen-bond acceptors (Lipinski definition) is 4. The molecule has 35 heavy (non-hydrogen) atoms. The number of anilines is 2. The minimum absolute atomic E-state index is 0.0111. The molecule has 2 aromatic carbocycles. The molecule has 1 fully saturated rings. The summed E-state index contributed by atoms with van der Waals surface area (Å²) in [6.07, 6.45) is 0.741. The molecule has 0 bridgehead atoms. The lowest BCUT2D eigenvalue weighted by Gasteiger charge is -2.51. The van der Waals surface area contributed by atoms with Crippen LogP contribution >= 0.6 is 24.4 Å². The van der Waals surface area contributed by atoms with Gasteiger partial charge < -0.3 is 10.6 Å². The van der Waals surface area contributed by atoms with Crippen molar-refractivity contribution in [2.45, 2.75) is 26.7 Å². The van der Waals surface area contributed by atoms with E-state index in [0.717, 1.165) is 0 Å². The maximum atomic E-state index is 13.0. The van der Waals surface area contributed by atoms with Gasteiger partial charge in [-0.3, -0.25) is 31.3 Å². The molecule has 2 atom stereocenters. The van der Waals surface area contributed by atoms with Gasteiger partial charge in [-0.05, 0) is 90.7 Å². The maximum Gasteiger partial charge on any atom is 0.242 e. The summed E-state index contributed by atoms with van der Waals surface area (Å²) in [4.78, 5) is 25.0. The van der Waals surface area contributed by atoms with Gasteiger partial charge in [0.1, 0.15) is 11.6 Å². The lowest BCUT2D eigenvalue weighted by atomic mass is 9.53. The molecule has 0 aromatic heterocycles. The largest absolute Gasteiger partial charge is 0.331 e.